The second-order valence-corrected chi connectivity index (χ2v) is 5.28. The SMILES string of the molecule is Cc1ccc(C(=O)Cc2cc(F)ccc2Br)c(C)n1. The third-order valence-electron chi connectivity index (χ3n) is 2.88. The van der Waals surface area contributed by atoms with Gasteiger partial charge in [-0.05, 0) is 49.7 Å². The first kappa shape index (κ1) is 13.9. The van der Waals surface area contributed by atoms with Crippen LogP contribution in [0.3, 0.4) is 0 Å². The van der Waals surface area contributed by atoms with Crippen LogP contribution in [0.2, 0.25) is 0 Å². The third-order valence-corrected chi connectivity index (χ3v) is 3.66. The van der Waals surface area contributed by atoms with Gasteiger partial charge in [0.15, 0.2) is 5.78 Å². The molecule has 0 radical (unpaired) electrons. The van der Waals surface area contributed by atoms with Crippen LogP contribution in [0.1, 0.15) is 27.3 Å². The molecule has 19 heavy (non-hydrogen) atoms. The van der Waals surface area contributed by atoms with E-state index in [1.807, 2.05) is 6.92 Å². The molecule has 0 unspecified atom stereocenters. The number of carbonyl (C=O) groups excluding carboxylic acids is 1. The Morgan fingerprint density at radius 1 is 1.26 bits per heavy atom. The first-order valence-corrected chi connectivity index (χ1v) is 6.68. The van der Waals surface area contributed by atoms with E-state index < -0.39 is 0 Å². The molecule has 2 nitrogen and oxygen atoms in total. The van der Waals surface area contributed by atoms with Gasteiger partial charge in [-0.25, -0.2) is 4.39 Å². The number of carbonyl (C=O) groups is 1. The van der Waals surface area contributed by atoms with Crippen molar-refractivity contribution >= 4 is 21.7 Å². The molecule has 2 rings (SSSR count). The molecule has 4 heteroatoms. The van der Waals surface area contributed by atoms with Crippen molar-refractivity contribution in [3.8, 4) is 0 Å². The highest BCUT2D eigenvalue weighted by Crippen LogP contribution is 2.20. The second-order valence-electron chi connectivity index (χ2n) is 4.42. The summed E-state index contributed by atoms with van der Waals surface area (Å²) >= 11 is 3.33. The number of benzene rings is 1. The molecule has 1 aromatic heterocycles. The van der Waals surface area contributed by atoms with Gasteiger partial charge in [0.25, 0.3) is 0 Å². The first-order chi connectivity index (χ1) is 8.97. The molecule has 0 aliphatic rings. The van der Waals surface area contributed by atoms with Crippen LogP contribution in [0.25, 0.3) is 0 Å². The number of halogens is 2. The normalized spacial score (nSPS) is 10.5. The van der Waals surface area contributed by atoms with E-state index >= 15 is 0 Å². The van der Waals surface area contributed by atoms with Gasteiger partial charge in [0, 0.05) is 27.8 Å². The van der Waals surface area contributed by atoms with Crippen molar-refractivity contribution in [2.45, 2.75) is 20.3 Å². The lowest BCUT2D eigenvalue weighted by Crippen LogP contribution is -2.08. The van der Waals surface area contributed by atoms with Gasteiger partial charge >= 0.3 is 0 Å². The zero-order chi connectivity index (χ0) is 14.0. The van der Waals surface area contributed by atoms with E-state index in [0.717, 1.165) is 10.2 Å². The number of aryl methyl sites for hydroxylation is 2. The van der Waals surface area contributed by atoms with E-state index in [2.05, 4.69) is 20.9 Å². The Morgan fingerprint density at radius 3 is 2.68 bits per heavy atom. The second kappa shape index (κ2) is 5.61. The highest BCUT2D eigenvalue weighted by molar-refractivity contribution is 9.10. The van der Waals surface area contributed by atoms with Crippen molar-refractivity contribution in [3.63, 3.8) is 0 Å². The van der Waals surface area contributed by atoms with Crippen molar-refractivity contribution in [1.82, 2.24) is 4.98 Å². The maximum Gasteiger partial charge on any atom is 0.169 e. The van der Waals surface area contributed by atoms with E-state index in [1.54, 1.807) is 25.1 Å². The molecular formula is C15H13BrFNO. The number of aromatic nitrogens is 1. The Hall–Kier alpha value is -1.55. The topological polar surface area (TPSA) is 30.0 Å². The van der Waals surface area contributed by atoms with Crippen molar-refractivity contribution in [1.29, 1.82) is 0 Å². The summed E-state index contributed by atoms with van der Waals surface area (Å²) in [5.41, 5.74) is 2.81. The van der Waals surface area contributed by atoms with Crippen LogP contribution in [0.4, 0.5) is 4.39 Å². The van der Waals surface area contributed by atoms with Gasteiger partial charge in [0.1, 0.15) is 5.82 Å². The number of hydrogen-bond donors (Lipinski definition) is 0. The molecular weight excluding hydrogens is 309 g/mol. The number of Topliss-reactive ketones (excluding diaryl/α,β-unsaturated/α-hetero) is 1. The largest absolute Gasteiger partial charge is 0.294 e. The minimum atomic E-state index is -0.343. The van der Waals surface area contributed by atoms with Gasteiger partial charge in [-0.15, -0.1) is 0 Å². The van der Waals surface area contributed by atoms with Gasteiger partial charge in [0.2, 0.25) is 0 Å². The molecule has 0 aliphatic carbocycles. The van der Waals surface area contributed by atoms with Crippen LogP contribution < -0.4 is 0 Å². The number of hydrogen-bond acceptors (Lipinski definition) is 2. The molecule has 0 amide bonds. The van der Waals surface area contributed by atoms with Gasteiger partial charge in [-0.3, -0.25) is 9.78 Å². The summed E-state index contributed by atoms with van der Waals surface area (Å²) in [6.07, 6.45) is 0.157. The summed E-state index contributed by atoms with van der Waals surface area (Å²) in [7, 11) is 0. The zero-order valence-electron chi connectivity index (χ0n) is 10.7. The molecule has 98 valence electrons. The fraction of sp³-hybridized carbons (Fsp3) is 0.200. The Balaban J connectivity index is 2.28. The Kier molecular flexibility index (Phi) is 4.10. The van der Waals surface area contributed by atoms with Crippen LogP contribution in [0.5, 0.6) is 0 Å². The van der Waals surface area contributed by atoms with E-state index in [-0.39, 0.29) is 18.0 Å². The molecule has 0 aliphatic heterocycles. The number of nitrogens with zero attached hydrogens (tertiary/aromatic N) is 1. The maximum absolute atomic E-state index is 13.2. The van der Waals surface area contributed by atoms with Gasteiger partial charge in [0.05, 0.1) is 0 Å². The van der Waals surface area contributed by atoms with Crippen LogP contribution in [0, 0.1) is 19.7 Å². The lowest BCUT2D eigenvalue weighted by atomic mass is 10.0. The van der Waals surface area contributed by atoms with Gasteiger partial charge in [-0.2, -0.15) is 0 Å². The summed E-state index contributed by atoms with van der Waals surface area (Å²) in [6, 6.07) is 7.92. The smallest absolute Gasteiger partial charge is 0.169 e. The van der Waals surface area contributed by atoms with Gasteiger partial charge in [-0.1, -0.05) is 15.9 Å². The Bertz CT molecular complexity index is 640. The maximum atomic E-state index is 13.2. The van der Waals surface area contributed by atoms with Crippen molar-refractivity contribution in [2.75, 3.05) is 0 Å². The molecule has 1 heterocycles. The summed E-state index contributed by atoms with van der Waals surface area (Å²) in [4.78, 5) is 16.5. The third kappa shape index (κ3) is 3.26. The molecule has 0 fully saturated rings. The molecule has 1 aromatic carbocycles. The van der Waals surface area contributed by atoms with E-state index in [4.69, 9.17) is 0 Å². The highest BCUT2D eigenvalue weighted by atomic mass is 79.9. The van der Waals surface area contributed by atoms with E-state index in [0.29, 0.717) is 16.8 Å². The van der Waals surface area contributed by atoms with Crippen LogP contribution in [0.15, 0.2) is 34.8 Å². The average Bonchev–Trinajstić information content (AvgIpc) is 2.33. The fourth-order valence-electron chi connectivity index (χ4n) is 1.93. The zero-order valence-corrected chi connectivity index (χ0v) is 12.3. The van der Waals surface area contributed by atoms with Crippen molar-refractivity contribution in [2.24, 2.45) is 0 Å². The van der Waals surface area contributed by atoms with E-state index in [9.17, 15) is 9.18 Å². The van der Waals surface area contributed by atoms with Gasteiger partial charge < -0.3 is 0 Å². The number of rotatable bonds is 3. The molecule has 0 saturated heterocycles. The number of ketones is 1. The summed E-state index contributed by atoms with van der Waals surface area (Å²) in [5.74, 6) is -0.402. The molecule has 0 N–H and O–H groups in total. The fourth-order valence-corrected chi connectivity index (χ4v) is 2.32. The molecule has 2 aromatic rings. The average molecular weight is 322 g/mol. The summed E-state index contributed by atoms with van der Waals surface area (Å²) in [6.45, 7) is 3.69. The summed E-state index contributed by atoms with van der Waals surface area (Å²) < 4.78 is 13.9. The van der Waals surface area contributed by atoms with Crippen LogP contribution in [-0.2, 0) is 6.42 Å². The minimum absolute atomic E-state index is 0.0590. The molecule has 0 bridgehead atoms. The quantitative estimate of drug-likeness (QED) is 0.799. The lowest BCUT2D eigenvalue weighted by Gasteiger charge is -2.07. The predicted molar refractivity (Wildman–Crippen MR) is 75.8 cm³/mol. The molecule has 0 spiro atoms. The van der Waals surface area contributed by atoms with Crippen molar-refractivity contribution < 1.29 is 9.18 Å². The first-order valence-electron chi connectivity index (χ1n) is 5.89. The predicted octanol–water partition coefficient (Wildman–Crippen LogP) is 4.03. The lowest BCUT2D eigenvalue weighted by molar-refractivity contribution is 0.0992. The standard InChI is InChI=1S/C15H13BrFNO/c1-9-3-5-13(10(2)18-9)15(19)8-11-7-12(17)4-6-14(11)16/h3-7H,8H2,1-2H3. The molecule has 0 atom stereocenters. The van der Waals surface area contributed by atoms with Crippen LogP contribution in [-0.4, -0.2) is 10.8 Å². The minimum Gasteiger partial charge on any atom is -0.294 e. The van der Waals surface area contributed by atoms with E-state index in [1.165, 1.54) is 12.1 Å². The van der Waals surface area contributed by atoms with Crippen LogP contribution >= 0.6 is 15.9 Å². The van der Waals surface area contributed by atoms with Crippen molar-refractivity contribution in [3.05, 3.63) is 63.1 Å². The number of pyridine rings is 1. The highest BCUT2D eigenvalue weighted by Gasteiger charge is 2.13. The molecule has 0 saturated carbocycles. The summed E-state index contributed by atoms with van der Waals surface area (Å²) in [5, 5.41) is 0. The Labute approximate surface area is 119 Å². The monoisotopic (exact) mass is 321 g/mol. The Morgan fingerprint density at radius 2 is 2.00 bits per heavy atom.